The van der Waals surface area contributed by atoms with Crippen molar-refractivity contribution in [3.8, 4) is 0 Å². The Morgan fingerprint density at radius 2 is 2.00 bits per heavy atom. The van der Waals surface area contributed by atoms with Gasteiger partial charge in [-0.25, -0.2) is 8.42 Å². The lowest BCUT2D eigenvalue weighted by molar-refractivity contribution is 0.323. The van der Waals surface area contributed by atoms with E-state index in [9.17, 15) is 8.42 Å². The number of nitrogens with zero attached hydrogens (tertiary/aromatic N) is 1. The first-order chi connectivity index (χ1) is 5.31. The molecule has 12 heavy (non-hydrogen) atoms. The topological polar surface area (TPSA) is 37.4 Å². The smallest absolute Gasteiger partial charge is 0.152 e. The van der Waals surface area contributed by atoms with Crippen LogP contribution in [0.4, 0.5) is 0 Å². The molecule has 0 saturated carbocycles. The van der Waals surface area contributed by atoms with E-state index < -0.39 is 9.84 Å². The van der Waals surface area contributed by atoms with Crippen LogP contribution in [0.15, 0.2) is 0 Å². The summed E-state index contributed by atoms with van der Waals surface area (Å²) < 4.78 is 24.5. The molecular weight excluding hydrogens is 194 g/mol. The van der Waals surface area contributed by atoms with E-state index in [4.69, 9.17) is 0 Å². The predicted molar refractivity (Wildman–Crippen MR) is 53.0 cm³/mol. The van der Waals surface area contributed by atoms with Crippen LogP contribution in [-0.2, 0) is 9.84 Å². The number of sulfone groups is 1. The fourth-order valence-corrected chi connectivity index (χ4v) is 4.07. The Labute approximate surface area is 79.6 Å². The largest absolute Gasteiger partial charge is 0.252 e. The molecule has 1 saturated heterocycles. The summed E-state index contributed by atoms with van der Waals surface area (Å²) in [7, 11) is -2.85. The third kappa shape index (κ3) is 2.95. The van der Waals surface area contributed by atoms with E-state index in [1.165, 1.54) is 0 Å². The van der Waals surface area contributed by atoms with Crippen LogP contribution in [0.1, 0.15) is 13.8 Å². The highest BCUT2D eigenvalue weighted by Gasteiger charge is 2.31. The van der Waals surface area contributed by atoms with Gasteiger partial charge in [0.2, 0.25) is 0 Å². The number of hydrogen-bond donors (Lipinski definition) is 1. The third-order valence-corrected chi connectivity index (χ3v) is 4.25. The van der Waals surface area contributed by atoms with Crippen LogP contribution >= 0.6 is 12.8 Å². The second kappa shape index (κ2) is 3.20. The lowest BCUT2D eigenvalue weighted by atomic mass is 9.97. The van der Waals surface area contributed by atoms with Gasteiger partial charge in [0.25, 0.3) is 0 Å². The molecule has 0 spiro atoms. The molecule has 1 aliphatic heterocycles. The highest BCUT2D eigenvalue weighted by Crippen LogP contribution is 2.23. The first-order valence-electron chi connectivity index (χ1n) is 3.95. The molecule has 0 radical (unpaired) electrons. The van der Waals surface area contributed by atoms with Crippen LogP contribution in [0.2, 0.25) is 0 Å². The monoisotopic (exact) mass is 209 g/mol. The van der Waals surface area contributed by atoms with Crippen molar-refractivity contribution in [3.05, 3.63) is 0 Å². The van der Waals surface area contributed by atoms with E-state index in [-0.39, 0.29) is 16.9 Å². The van der Waals surface area contributed by atoms with Crippen LogP contribution in [0.5, 0.6) is 0 Å². The molecule has 72 valence electrons. The second-order valence-corrected chi connectivity index (χ2v) is 6.89. The highest BCUT2D eigenvalue weighted by atomic mass is 32.2. The lowest BCUT2D eigenvalue weighted by Gasteiger charge is -2.24. The Morgan fingerprint density at radius 1 is 1.42 bits per heavy atom. The zero-order valence-electron chi connectivity index (χ0n) is 7.45. The minimum atomic E-state index is -2.85. The molecular formula is C7H15NO2S2. The van der Waals surface area contributed by atoms with Gasteiger partial charge in [-0.3, -0.25) is 4.31 Å². The molecule has 0 aliphatic carbocycles. The van der Waals surface area contributed by atoms with Crippen molar-refractivity contribution in [1.29, 1.82) is 0 Å². The maximum Gasteiger partial charge on any atom is 0.152 e. The predicted octanol–water partition coefficient (Wildman–Crippen LogP) is 0.588. The summed E-state index contributed by atoms with van der Waals surface area (Å²) in [5.74, 6) is 0.511. The summed E-state index contributed by atoms with van der Waals surface area (Å²) in [5, 5.41) is 0. The summed E-state index contributed by atoms with van der Waals surface area (Å²) in [4.78, 5) is 0. The lowest BCUT2D eigenvalue weighted by Crippen LogP contribution is -2.29. The van der Waals surface area contributed by atoms with Crippen LogP contribution < -0.4 is 0 Å². The Hall–Kier alpha value is 0.260. The molecule has 0 amide bonds. The van der Waals surface area contributed by atoms with Gasteiger partial charge < -0.3 is 0 Å². The number of rotatable bonds is 0. The van der Waals surface area contributed by atoms with Gasteiger partial charge in [0, 0.05) is 13.1 Å². The molecule has 0 atom stereocenters. The van der Waals surface area contributed by atoms with Gasteiger partial charge in [0.15, 0.2) is 9.84 Å². The van der Waals surface area contributed by atoms with Crippen LogP contribution in [0.25, 0.3) is 0 Å². The molecule has 0 N–H and O–H groups in total. The van der Waals surface area contributed by atoms with Crippen molar-refractivity contribution in [2.45, 2.75) is 13.8 Å². The van der Waals surface area contributed by atoms with Crippen molar-refractivity contribution < 1.29 is 8.42 Å². The minimum absolute atomic E-state index is 0.170. The summed E-state index contributed by atoms with van der Waals surface area (Å²) in [6.45, 7) is 5.18. The van der Waals surface area contributed by atoms with E-state index >= 15 is 0 Å². The summed E-state index contributed by atoms with van der Waals surface area (Å²) in [6.07, 6.45) is 0. The molecule has 1 fully saturated rings. The highest BCUT2D eigenvalue weighted by molar-refractivity contribution is 7.91. The molecule has 0 aromatic heterocycles. The maximum atomic E-state index is 11.4. The molecule has 0 bridgehead atoms. The van der Waals surface area contributed by atoms with Gasteiger partial charge in [0.05, 0.1) is 11.5 Å². The molecule has 0 aromatic carbocycles. The van der Waals surface area contributed by atoms with Gasteiger partial charge in [-0.05, 0) is 5.41 Å². The minimum Gasteiger partial charge on any atom is -0.252 e. The molecule has 0 unspecified atom stereocenters. The van der Waals surface area contributed by atoms with Crippen molar-refractivity contribution in [2.24, 2.45) is 5.41 Å². The molecule has 1 aliphatic rings. The van der Waals surface area contributed by atoms with E-state index in [1.807, 2.05) is 13.8 Å². The Bertz CT molecular complexity index is 259. The molecule has 1 rings (SSSR count). The fraction of sp³-hybridized carbons (Fsp3) is 1.00. The van der Waals surface area contributed by atoms with Crippen LogP contribution in [0.3, 0.4) is 0 Å². The summed E-state index contributed by atoms with van der Waals surface area (Å²) >= 11 is 4.19. The van der Waals surface area contributed by atoms with Crippen LogP contribution in [0, 0.1) is 5.41 Å². The van der Waals surface area contributed by atoms with Crippen molar-refractivity contribution in [3.63, 3.8) is 0 Å². The first-order valence-corrected chi connectivity index (χ1v) is 6.17. The van der Waals surface area contributed by atoms with Crippen molar-refractivity contribution in [1.82, 2.24) is 4.31 Å². The van der Waals surface area contributed by atoms with Gasteiger partial charge in [0.1, 0.15) is 0 Å². The maximum absolute atomic E-state index is 11.4. The SMILES string of the molecule is CC1(C)CN(S)CCS(=O)(=O)C1. The molecule has 3 nitrogen and oxygen atoms in total. The molecule has 0 aromatic rings. The Kier molecular flexibility index (Phi) is 2.75. The van der Waals surface area contributed by atoms with Gasteiger partial charge in [-0.1, -0.05) is 26.7 Å². The third-order valence-electron chi connectivity index (χ3n) is 1.88. The average molecular weight is 209 g/mol. The molecule has 5 heteroatoms. The van der Waals surface area contributed by atoms with E-state index in [0.29, 0.717) is 6.54 Å². The zero-order chi connectivity index (χ0) is 9.41. The summed E-state index contributed by atoms with van der Waals surface area (Å²) in [5.41, 5.74) is -0.170. The van der Waals surface area contributed by atoms with Crippen molar-refractivity contribution in [2.75, 3.05) is 24.6 Å². The average Bonchev–Trinajstić information content (AvgIpc) is 1.86. The van der Waals surface area contributed by atoms with E-state index in [1.54, 1.807) is 4.31 Å². The van der Waals surface area contributed by atoms with Crippen molar-refractivity contribution >= 4 is 22.7 Å². The Balaban J connectivity index is 2.84. The van der Waals surface area contributed by atoms with E-state index in [2.05, 4.69) is 12.8 Å². The second-order valence-electron chi connectivity index (χ2n) is 4.14. The fourth-order valence-electron chi connectivity index (χ4n) is 1.53. The number of hydrogen-bond acceptors (Lipinski definition) is 4. The normalized spacial score (nSPS) is 29.6. The van der Waals surface area contributed by atoms with E-state index in [0.717, 1.165) is 6.54 Å². The first kappa shape index (κ1) is 10.3. The Morgan fingerprint density at radius 3 is 2.58 bits per heavy atom. The quantitative estimate of drug-likeness (QED) is 0.593. The van der Waals surface area contributed by atoms with Crippen LogP contribution in [-0.4, -0.2) is 37.3 Å². The van der Waals surface area contributed by atoms with Gasteiger partial charge in [-0.2, -0.15) is 0 Å². The molecule has 1 heterocycles. The zero-order valence-corrected chi connectivity index (χ0v) is 9.16. The number of thiol groups is 1. The standard InChI is InChI=1S/C7H15NO2S2/c1-7(2)5-8(11)3-4-12(9,10)6-7/h11H,3-6H2,1-2H3. The van der Waals surface area contributed by atoms with Gasteiger partial charge in [-0.15, -0.1) is 0 Å². The van der Waals surface area contributed by atoms with Gasteiger partial charge >= 0.3 is 0 Å². The summed E-state index contributed by atoms with van der Waals surface area (Å²) in [6, 6.07) is 0.